The van der Waals surface area contributed by atoms with Crippen LogP contribution in [0.5, 0.6) is 5.75 Å². The normalized spacial score (nSPS) is 16.9. The van der Waals surface area contributed by atoms with E-state index >= 15 is 0 Å². The predicted molar refractivity (Wildman–Crippen MR) is 82.4 cm³/mol. The molecule has 0 radical (unpaired) electrons. The minimum atomic E-state index is -0.131. The molecule has 116 valence electrons. The van der Waals surface area contributed by atoms with Crippen LogP contribution in [0.4, 0.5) is 5.69 Å². The van der Waals surface area contributed by atoms with Gasteiger partial charge in [0.15, 0.2) is 6.61 Å². The number of ether oxygens (including phenoxy) is 1. The Bertz CT molecular complexity index is 502. The van der Waals surface area contributed by atoms with Crippen molar-refractivity contribution >= 4 is 11.6 Å². The smallest absolute Gasteiger partial charge is 0.262 e. The number of anilines is 1. The van der Waals surface area contributed by atoms with Gasteiger partial charge in [-0.25, -0.2) is 0 Å². The van der Waals surface area contributed by atoms with Crippen LogP contribution in [0.1, 0.15) is 38.8 Å². The van der Waals surface area contributed by atoms with Crippen LogP contribution in [-0.2, 0) is 4.79 Å². The van der Waals surface area contributed by atoms with Crippen LogP contribution in [0.25, 0.3) is 0 Å². The van der Waals surface area contributed by atoms with Gasteiger partial charge in [0.1, 0.15) is 5.75 Å². The molecule has 1 aromatic carbocycles. The zero-order valence-corrected chi connectivity index (χ0v) is 12.8. The first-order valence-corrected chi connectivity index (χ1v) is 7.43. The van der Waals surface area contributed by atoms with Crippen LogP contribution in [0, 0.1) is 5.92 Å². The Balaban J connectivity index is 2.07. The fourth-order valence-electron chi connectivity index (χ4n) is 2.58. The molecule has 1 aliphatic rings. The van der Waals surface area contributed by atoms with Gasteiger partial charge in [-0.1, -0.05) is 19.9 Å². The van der Waals surface area contributed by atoms with Gasteiger partial charge in [0.05, 0.1) is 12.3 Å². The first-order valence-electron chi connectivity index (χ1n) is 7.43. The van der Waals surface area contributed by atoms with Gasteiger partial charge < -0.3 is 20.5 Å². The molecular formula is C16H24N2O3. The number of benzene rings is 1. The molecule has 1 aromatic rings. The van der Waals surface area contributed by atoms with E-state index in [2.05, 4.69) is 31.4 Å². The summed E-state index contributed by atoms with van der Waals surface area (Å²) in [5.41, 5.74) is 1.77. The number of carbonyl (C=O) groups excluding carboxylic acids is 1. The standard InChI is InChI=1S/C16H24N2O3/c1-10(2)6-13(8-19)17-11(3)12-4-5-15-14(7-12)18-16(20)9-21-15/h4-5,7,10-11,13,17,19H,6,8-9H2,1-3H3,(H,18,20). The molecule has 0 aliphatic carbocycles. The van der Waals surface area contributed by atoms with E-state index in [1.807, 2.05) is 18.2 Å². The Morgan fingerprint density at radius 3 is 2.81 bits per heavy atom. The number of aliphatic hydroxyl groups is 1. The van der Waals surface area contributed by atoms with E-state index < -0.39 is 0 Å². The molecule has 21 heavy (non-hydrogen) atoms. The largest absolute Gasteiger partial charge is 0.482 e. The second-order valence-corrected chi connectivity index (χ2v) is 5.99. The molecule has 2 unspecified atom stereocenters. The van der Waals surface area contributed by atoms with Gasteiger partial charge in [0.2, 0.25) is 0 Å². The second kappa shape index (κ2) is 6.91. The quantitative estimate of drug-likeness (QED) is 0.750. The summed E-state index contributed by atoms with van der Waals surface area (Å²) in [6.45, 7) is 6.52. The lowest BCUT2D eigenvalue weighted by atomic mass is 10.0. The predicted octanol–water partition coefficient (Wildman–Crippen LogP) is 2.08. The Hall–Kier alpha value is -1.59. The highest BCUT2D eigenvalue weighted by atomic mass is 16.5. The molecule has 1 amide bonds. The van der Waals surface area contributed by atoms with E-state index in [0.29, 0.717) is 17.4 Å². The monoisotopic (exact) mass is 292 g/mol. The molecule has 5 heteroatoms. The fraction of sp³-hybridized carbons (Fsp3) is 0.562. The summed E-state index contributed by atoms with van der Waals surface area (Å²) in [7, 11) is 0. The molecule has 0 saturated heterocycles. The van der Waals surface area contributed by atoms with Gasteiger partial charge in [0, 0.05) is 12.1 Å². The molecular weight excluding hydrogens is 268 g/mol. The molecule has 0 spiro atoms. The van der Waals surface area contributed by atoms with Crippen molar-refractivity contribution in [1.82, 2.24) is 5.32 Å². The molecule has 0 aromatic heterocycles. The van der Waals surface area contributed by atoms with Gasteiger partial charge in [-0.3, -0.25) is 4.79 Å². The van der Waals surface area contributed by atoms with Crippen molar-refractivity contribution in [3.8, 4) is 5.75 Å². The van der Waals surface area contributed by atoms with Gasteiger partial charge >= 0.3 is 0 Å². The Labute approximate surface area is 125 Å². The van der Waals surface area contributed by atoms with Crippen LogP contribution >= 0.6 is 0 Å². The minimum Gasteiger partial charge on any atom is -0.482 e. The van der Waals surface area contributed by atoms with Crippen molar-refractivity contribution < 1.29 is 14.6 Å². The summed E-state index contributed by atoms with van der Waals surface area (Å²) >= 11 is 0. The summed E-state index contributed by atoms with van der Waals surface area (Å²) < 4.78 is 5.35. The topological polar surface area (TPSA) is 70.6 Å². The molecule has 5 nitrogen and oxygen atoms in total. The van der Waals surface area contributed by atoms with Crippen molar-refractivity contribution in [1.29, 1.82) is 0 Å². The van der Waals surface area contributed by atoms with Gasteiger partial charge in [-0.15, -0.1) is 0 Å². The number of nitrogens with one attached hydrogen (secondary N) is 2. The number of rotatable bonds is 6. The maximum atomic E-state index is 11.4. The van der Waals surface area contributed by atoms with Crippen LogP contribution < -0.4 is 15.4 Å². The second-order valence-electron chi connectivity index (χ2n) is 5.99. The third kappa shape index (κ3) is 4.19. The number of hydrogen-bond acceptors (Lipinski definition) is 4. The van der Waals surface area contributed by atoms with Crippen molar-refractivity contribution in [2.24, 2.45) is 5.92 Å². The average Bonchev–Trinajstić information content (AvgIpc) is 2.45. The van der Waals surface area contributed by atoms with E-state index in [4.69, 9.17) is 4.74 Å². The highest BCUT2D eigenvalue weighted by Gasteiger charge is 2.19. The van der Waals surface area contributed by atoms with Crippen molar-refractivity contribution in [3.05, 3.63) is 23.8 Å². The summed E-state index contributed by atoms with van der Waals surface area (Å²) in [4.78, 5) is 11.4. The first kappa shape index (κ1) is 15.8. The molecule has 2 atom stereocenters. The molecule has 1 heterocycles. The molecule has 0 fully saturated rings. The molecule has 0 bridgehead atoms. The Kier molecular flexibility index (Phi) is 5.20. The Morgan fingerprint density at radius 1 is 1.38 bits per heavy atom. The van der Waals surface area contributed by atoms with Crippen LogP contribution in [-0.4, -0.2) is 30.3 Å². The van der Waals surface area contributed by atoms with E-state index in [1.165, 1.54) is 0 Å². The maximum absolute atomic E-state index is 11.4. The third-order valence-electron chi connectivity index (χ3n) is 3.60. The van der Waals surface area contributed by atoms with E-state index in [9.17, 15) is 9.90 Å². The average molecular weight is 292 g/mol. The van der Waals surface area contributed by atoms with Gasteiger partial charge in [0.25, 0.3) is 5.91 Å². The first-order chi connectivity index (χ1) is 9.99. The van der Waals surface area contributed by atoms with E-state index in [1.54, 1.807) is 0 Å². The summed E-state index contributed by atoms with van der Waals surface area (Å²) in [5.74, 6) is 1.10. The lowest BCUT2D eigenvalue weighted by Gasteiger charge is -2.25. The van der Waals surface area contributed by atoms with Gasteiger partial charge in [-0.05, 0) is 37.0 Å². The van der Waals surface area contributed by atoms with Crippen molar-refractivity contribution in [2.45, 2.75) is 39.3 Å². The highest BCUT2D eigenvalue weighted by molar-refractivity contribution is 5.95. The Morgan fingerprint density at radius 2 is 2.14 bits per heavy atom. The number of amides is 1. The number of aliphatic hydroxyl groups excluding tert-OH is 1. The molecule has 0 saturated carbocycles. The highest BCUT2D eigenvalue weighted by Crippen LogP contribution is 2.30. The zero-order valence-electron chi connectivity index (χ0n) is 12.8. The molecule has 2 rings (SSSR count). The maximum Gasteiger partial charge on any atom is 0.262 e. The van der Waals surface area contributed by atoms with Gasteiger partial charge in [-0.2, -0.15) is 0 Å². The third-order valence-corrected chi connectivity index (χ3v) is 3.60. The minimum absolute atomic E-state index is 0.0706. The van der Waals surface area contributed by atoms with Crippen LogP contribution in [0.15, 0.2) is 18.2 Å². The van der Waals surface area contributed by atoms with Crippen LogP contribution in [0.3, 0.4) is 0 Å². The van der Waals surface area contributed by atoms with E-state index in [0.717, 1.165) is 12.0 Å². The zero-order chi connectivity index (χ0) is 15.4. The van der Waals surface area contributed by atoms with E-state index in [-0.39, 0.29) is 31.2 Å². The number of hydrogen-bond donors (Lipinski definition) is 3. The summed E-state index contributed by atoms with van der Waals surface area (Å²) in [6, 6.07) is 5.94. The van der Waals surface area contributed by atoms with Crippen molar-refractivity contribution in [2.75, 3.05) is 18.5 Å². The molecule has 3 N–H and O–H groups in total. The molecule has 1 aliphatic heterocycles. The summed E-state index contributed by atoms with van der Waals surface area (Å²) in [6.07, 6.45) is 0.922. The number of carbonyl (C=O) groups is 1. The van der Waals surface area contributed by atoms with Crippen LogP contribution in [0.2, 0.25) is 0 Å². The van der Waals surface area contributed by atoms with Crippen molar-refractivity contribution in [3.63, 3.8) is 0 Å². The lowest BCUT2D eigenvalue weighted by molar-refractivity contribution is -0.118. The lowest BCUT2D eigenvalue weighted by Crippen LogP contribution is -2.35. The number of fused-ring (bicyclic) bond motifs is 1. The summed E-state index contributed by atoms with van der Waals surface area (Å²) in [5, 5.41) is 15.7. The fourth-order valence-corrected chi connectivity index (χ4v) is 2.58. The SMILES string of the molecule is CC(C)CC(CO)NC(C)c1ccc2c(c1)NC(=O)CO2.